The number of hydrogen-bond donors (Lipinski definition) is 2. The predicted molar refractivity (Wildman–Crippen MR) is 37.2 cm³/mol. The van der Waals surface area contributed by atoms with Crippen LogP contribution in [-0.4, -0.2) is 21.3 Å². The number of aliphatic hydroxyl groups excluding tert-OH is 1. The molecule has 1 rings (SSSR count). The smallest absolute Gasteiger partial charge is 0.127 e. The lowest BCUT2D eigenvalue weighted by Crippen LogP contribution is -2.18. The third kappa shape index (κ3) is 1.17. The number of nitrogens with two attached hydrogens (primary N) is 1. The molecule has 56 valence electrons. The van der Waals surface area contributed by atoms with Gasteiger partial charge in [-0.05, 0) is 0 Å². The molecule has 4 nitrogen and oxygen atoms in total. The maximum absolute atomic E-state index is 8.65. The molecular formula is C6H11N3O. The molecule has 0 radical (unpaired) electrons. The number of aliphatic hydroxyl groups is 1. The van der Waals surface area contributed by atoms with Gasteiger partial charge >= 0.3 is 0 Å². The highest BCUT2D eigenvalue weighted by molar-refractivity contribution is 4.96. The molecular weight excluding hydrogens is 130 g/mol. The summed E-state index contributed by atoms with van der Waals surface area (Å²) in [5, 5.41) is 8.65. The van der Waals surface area contributed by atoms with E-state index in [1.807, 2.05) is 7.05 Å². The van der Waals surface area contributed by atoms with Crippen LogP contribution < -0.4 is 5.73 Å². The second kappa shape index (κ2) is 2.81. The molecule has 0 aliphatic rings. The van der Waals surface area contributed by atoms with Crippen LogP contribution in [0.2, 0.25) is 0 Å². The summed E-state index contributed by atoms with van der Waals surface area (Å²) < 4.78 is 1.79. The molecule has 0 unspecified atom stereocenters. The SMILES string of the molecule is Cn1ccnc1[C@@H](N)CO. The highest BCUT2D eigenvalue weighted by Crippen LogP contribution is 2.03. The first kappa shape index (κ1) is 7.24. The van der Waals surface area contributed by atoms with E-state index in [2.05, 4.69) is 4.98 Å². The predicted octanol–water partition coefficient (Wildman–Crippen LogP) is -0.588. The monoisotopic (exact) mass is 141 g/mol. The van der Waals surface area contributed by atoms with Crippen molar-refractivity contribution in [3.05, 3.63) is 18.2 Å². The van der Waals surface area contributed by atoms with Gasteiger partial charge in [-0.3, -0.25) is 0 Å². The molecule has 10 heavy (non-hydrogen) atoms. The van der Waals surface area contributed by atoms with Crippen LogP contribution in [0.15, 0.2) is 12.4 Å². The second-order valence-corrected chi connectivity index (χ2v) is 2.19. The molecule has 0 aromatic carbocycles. The molecule has 4 heteroatoms. The Morgan fingerprint density at radius 1 is 1.90 bits per heavy atom. The summed E-state index contributed by atoms with van der Waals surface area (Å²) in [6.45, 7) is -0.0646. The van der Waals surface area contributed by atoms with Gasteiger partial charge in [0.05, 0.1) is 12.6 Å². The van der Waals surface area contributed by atoms with Crippen LogP contribution in [0.25, 0.3) is 0 Å². The fraction of sp³-hybridized carbons (Fsp3) is 0.500. The van der Waals surface area contributed by atoms with E-state index in [0.29, 0.717) is 5.82 Å². The number of nitrogens with zero attached hydrogens (tertiary/aromatic N) is 2. The minimum absolute atomic E-state index is 0.0646. The van der Waals surface area contributed by atoms with Crippen molar-refractivity contribution < 1.29 is 5.11 Å². The lowest BCUT2D eigenvalue weighted by Gasteiger charge is -2.06. The van der Waals surface area contributed by atoms with E-state index in [-0.39, 0.29) is 12.6 Å². The molecule has 0 saturated heterocycles. The first-order valence-electron chi connectivity index (χ1n) is 3.09. The Labute approximate surface area is 59.3 Å². The van der Waals surface area contributed by atoms with Crippen LogP contribution in [0.3, 0.4) is 0 Å². The third-order valence-corrected chi connectivity index (χ3v) is 1.39. The molecule has 0 spiro atoms. The molecule has 0 bridgehead atoms. The fourth-order valence-corrected chi connectivity index (χ4v) is 0.816. The minimum atomic E-state index is -0.361. The largest absolute Gasteiger partial charge is 0.394 e. The second-order valence-electron chi connectivity index (χ2n) is 2.19. The number of imidazole rings is 1. The van der Waals surface area contributed by atoms with Gasteiger partial charge in [-0.25, -0.2) is 4.98 Å². The Morgan fingerprint density at radius 2 is 2.60 bits per heavy atom. The van der Waals surface area contributed by atoms with E-state index in [9.17, 15) is 0 Å². The maximum Gasteiger partial charge on any atom is 0.127 e. The summed E-state index contributed by atoms with van der Waals surface area (Å²) in [7, 11) is 1.85. The van der Waals surface area contributed by atoms with E-state index in [0.717, 1.165) is 0 Å². The van der Waals surface area contributed by atoms with E-state index in [1.54, 1.807) is 17.0 Å². The van der Waals surface area contributed by atoms with Gasteiger partial charge in [0.1, 0.15) is 5.82 Å². The van der Waals surface area contributed by atoms with Crippen LogP contribution >= 0.6 is 0 Å². The van der Waals surface area contributed by atoms with Crippen LogP contribution in [0.4, 0.5) is 0 Å². The highest BCUT2D eigenvalue weighted by Gasteiger charge is 2.07. The molecule has 0 amide bonds. The molecule has 0 fully saturated rings. The normalized spacial score (nSPS) is 13.5. The van der Waals surface area contributed by atoms with Gasteiger partial charge in [0, 0.05) is 19.4 Å². The summed E-state index contributed by atoms with van der Waals surface area (Å²) in [6, 6.07) is -0.361. The Kier molecular flexibility index (Phi) is 2.03. The van der Waals surface area contributed by atoms with E-state index < -0.39 is 0 Å². The average molecular weight is 141 g/mol. The standard InChI is InChI=1S/C6H11N3O/c1-9-3-2-8-6(9)5(7)4-10/h2-3,5,10H,4,7H2,1H3/t5-/m0/s1. The van der Waals surface area contributed by atoms with Crippen LogP contribution in [0, 0.1) is 0 Å². The van der Waals surface area contributed by atoms with Crippen molar-refractivity contribution in [2.45, 2.75) is 6.04 Å². The van der Waals surface area contributed by atoms with Crippen molar-refractivity contribution in [1.82, 2.24) is 9.55 Å². The summed E-state index contributed by atoms with van der Waals surface area (Å²) in [6.07, 6.45) is 3.45. The van der Waals surface area contributed by atoms with Gasteiger partial charge in [-0.1, -0.05) is 0 Å². The molecule has 3 N–H and O–H groups in total. The van der Waals surface area contributed by atoms with Gasteiger partial charge in [0.2, 0.25) is 0 Å². The van der Waals surface area contributed by atoms with Gasteiger partial charge in [0.15, 0.2) is 0 Å². The van der Waals surface area contributed by atoms with Crippen LogP contribution in [0.5, 0.6) is 0 Å². The van der Waals surface area contributed by atoms with Crippen molar-refractivity contribution in [3.8, 4) is 0 Å². The Bertz CT molecular complexity index is 209. The first-order valence-corrected chi connectivity index (χ1v) is 3.09. The van der Waals surface area contributed by atoms with E-state index in [1.165, 1.54) is 0 Å². The van der Waals surface area contributed by atoms with Gasteiger partial charge < -0.3 is 15.4 Å². The van der Waals surface area contributed by atoms with Crippen molar-refractivity contribution in [2.24, 2.45) is 12.8 Å². The average Bonchev–Trinajstić information content (AvgIpc) is 2.34. The summed E-state index contributed by atoms with van der Waals surface area (Å²) >= 11 is 0. The molecule has 0 saturated carbocycles. The number of aryl methyl sites for hydroxylation is 1. The van der Waals surface area contributed by atoms with Gasteiger partial charge in [0.25, 0.3) is 0 Å². The molecule has 0 aliphatic carbocycles. The topological polar surface area (TPSA) is 64.1 Å². The number of rotatable bonds is 2. The first-order chi connectivity index (χ1) is 4.75. The fourth-order valence-electron chi connectivity index (χ4n) is 0.816. The third-order valence-electron chi connectivity index (χ3n) is 1.39. The molecule has 1 heterocycles. The molecule has 0 aliphatic heterocycles. The zero-order valence-electron chi connectivity index (χ0n) is 5.86. The molecule has 1 aromatic heterocycles. The summed E-state index contributed by atoms with van der Waals surface area (Å²) in [5.74, 6) is 0.711. The minimum Gasteiger partial charge on any atom is -0.394 e. The molecule has 1 aromatic rings. The quantitative estimate of drug-likeness (QED) is 0.578. The van der Waals surface area contributed by atoms with Gasteiger partial charge in [-0.15, -0.1) is 0 Å². The number of hydrogen-bond acceptors (Lipinski definition) is 3. The van der Waals surface area contributed by atoms with Gasteiger partial charge in [-0.2, -0.15) is 0 Å². The zero-order chi connectivity index (χ0) is 7.56. The van der Waals surface area contributed by atoms with E-state index in [4.69, 9.17) is 10.8 Å². The Hall–Kier alpha value is -0.870. The summed E-state index contributed by atoms with van der Waals surface area (Å²) in [4.78, 5) is 3.96. The van der Waals surface area contributed by atoms with Crippen LogP contribution in [0.1, 0.15) is 11.9 Å². The summed E-state index contributed by atoms with van der Waals surface area (Å²) in [5.41, 5.74) is 5.51. The van der Waals surface area contributed by atoms with Crippen LogP contribution in [-0.2, 0) is 7.05 Å². The molecule has 1 atom stereocenters. The highest BCUT2D eigenvalue weighted by atomic mass is 16.3. The van der Waals surface area contributed by atoms with Crippen molar-refractivity contribution in [2.75, 3.05) is 6.61 Å². The van der Waals surface area contributed by atoms with E-state index >= 15 is 0 Å². The zero-order valence-corrected chi connectivity index (χ0v) is 5.86. The number of aromatic nitrogens is 2. The Balaban J connectivity index is 2.82. The van der Waals surface area contributed by atoms with Crippen molar-refractivity contribution in [1.29, 1.82) is 0 Å². The lowest BCUT2D eigenvalue weighted by molar-refractivity contribution is 0.261. The van der Waals surface area contributed by atoms with Crippen molar-refractivity contribution >= 4 is 0 Å². The lowest BCUT2D eigenvalue weighted by atomic mass is 10.3. The van der Waals surface area contributed by atoms with Crippen molar-refractivity contribution in [3.63, 3.8) is 0 Å². The Morgan fingerprint density at radius 3 is 3.00 bits per heavy atom. The maximum atomic E-state index is 8.65.